The van der Waals surface area contributed by atoms with Crippen LogP contribution < -0.4 is 18.9 Å². The summed E-state index contributed by atoms with van der Waals surface area (Å²) in [7, 11) is 0.954. The quantitative estimate of drug-likeness (QED) is 0.308. The van der Waals surface area contributed by atoms with Gasteiger partial charge in [0.2, 0.25) is 11.5 Å². The van der Waals surface area contributed by atoms with Gasteiger partial charge in [-0.3, -0.25) is 9.59 Å². The maximum Gasteiger partial charge on any atom is 0.311 e. The van der Waals surface area contributed by atoms with Crippen molar-refractivity contribution in [3.8, 4) is 23.0 Å². The Morgan fingerprint density at radius 2 is 1.71 bits per heavy atom. The number of carbonyl (C=O) groups is 2. The monoisotopic (exact) mass is 444 g/mol. The van der Waals surface area contributed by atoms with Gasteiger partial charge in [-0.05, 0) is 12.1 Å². The van der Waals surface area contributed by atoms with Crippen LogP contribution in [0.3, 0.4) is 0 Å². The molecule has 1 aromatic heterocycles. The largest absolute Gasteiger partial charge is 0.490 e. The molecule has 0 aliphatic heterocycles. The third-order valence-electron chi connectivity index (χ3n) is 4.22. The van der Waals surface area contributed by atoms with E-state index >= 15 is 0 Å². The molecule has 0 spiro atoms. The van der Waals surface area contributed by atoms with Crippen molar-refractivity contribution in [3.63, 3.8) is 0 Å². The molecule has 1 heterocycles. The SMILES string of the molecule is CCC(=O)Oc1c(OC)c(OC)c(OC(C)=O)c2c(S(=O)c3ccncn3)cccc12. The van der Waals surface area contributed by atoms with Crippen LogP contribution in [0.4, 0.5) is 0 Å². The van der Waals surface area contributed by atoms with E-state index in [2.05, 4.69) is 9.97 Å². The van der Waals surface area contributed by atoms with E-state index in [9.17, 15) is 13.8 Å². The summed E-state index contributed by atoms with van der Waals surface area (Å²) in [6, 6.07) is 6.40. The number of carbonyl (C=O) groups excluding carboxylic acids is 2. The minimum absolute atomic E-state index is 0.00356. The van der Waals surface area contributed by atoms with E-state index in [1.807, 2.05) is 0 Å². The van der Waals surface area contributed by atoms with Crippen molar-refractivity contribution in [2.75, 3.05) is 14.2 Å². The lowest BCUT2D eigenvalue weighted by Gasteiger charge is -2.20. The predicted molar refractivity (Wildman–Crippen MR) is 111 cm³/mol. The van der Waals surface area contributed by atoms with Gasteiger partial charge in [-0.15, -0.1) is 0 Å². The van der Waals surface area contributed by atoms with E-state index in [0.717, 1.165) is 0 Å². The summed E-state index contributed by atoms with van der Waals surface area (Å²) in [6.45, 7) is 2.88. The number of hydrogen-bond acceptors (Lipinski definition) is 9. The first kappa shape index (κ1) is 22.2. The van der Waals surface area contributed by atoms with Gasteiger partial charge >= 0.3 is 11.9 Å². The molecule has 1 unspecified atom stereocenters. The van der Waals surface area contributed by atoms with Gasteiger partial charge in [-0.25, -0.2) is 14.2 Å². The number of benzene rings is 2. The van der Waals surface area contributed by atoms with Crippen molar-refractivity contribution in [1.82, 2.24) is 9.97 Å². The molecule has 1 atom stereocenters. The van der Waals surface area contributed by atoms with Crippen LogP contribution in [0.2, 0.25) is 0 Å². The summed E-state index contributed by atoms with van der Waals surface area (Å²) < 4.78 is 35.2. The van der Waals surface area contributed by atoms with Crippen LogP contribution in [-0.2, 0) is 20.4 Å². The summed E-state index contributed by atoms with van der Waals surface area (Å²) in [5, 5.41) is 0.875. The average Bonchev–Trinajstić information content (AvgIpc) is 2.79. The van der Waals surface area contributed by atoms with Gasteiger partial charge in [0.05, 0.1) is 19.1 Å². The summed E-state index contributed by atoms with van der Waals surface area (Å²) >= 11 is 0. The molecule has 9 nitrogen and oxygen atoms in total. The van der Waals surface area contributed by atoms with Crippen molar-refractivity contribution in [1.29, 1.82) is 0 Å². The highest BCUT2D eigenvalue weighted by Gasteiger charge is 2.29. The molecule has 0 saturated carbocycles. The molecule has 10 heteroatoms. The maximum absolute atomic E-state index is 13.3. The van der Waals surface area contributed by atoms with Crippen LogP contribution in [-0.4, -0.2) is 40.3 Å². The van der Waals surface area contributed by atoms with Crippen LogP contribution >= 0.6 is 0 Å². The topological polar surface area (TPSA) is 114 Å². The highest BCUT2D eigenvalue weighted by molar-refractivity contribution is 7.85. The zero-order valence-electron chi connectivity index (χ0n) is 17.3. The Balaban J connectivity index is 2.44. The number of esters is 2. The first-order valence-electron chi connectivity index (χ1n) is 9.20. The fourth-order valence-corrected chi connectivity index (χ4v) is 4.09. The average molecular weight is 444 g/mol. The van der Waals surface area contributed by atoms with Gasteiger partial charge in [0.15, 0.2) is 11.5 Å². The molecule has 31 heavy (non-hydrogen) atoms. The summed E-state index contributed by atoms with van der Waals surface area (Å²) in [6.07, 6.45) is 2.87. The molecule has 0 aliphatic rings. The number of rotatable bonds is 7. The summed E-state index contributed by atoms with van der Waals surface area (Å²) in [5.74, 6) is -0.976. The van der Waals surface area contributed by atoms with E-state index in [1.165, 1.54) is 39.7 Å². The van der Waals surface area contributed by atoms with Crippen molar-refractivity contribution in [2.24, 2.45) is 0 Å². The number of ether oxygens (including phenoxy) is 4. The minimum atomic E-state index is -1.77. The van der Waals surface area contributed by atoms with Crippen LogP contribution in [0, 0.1) is 0 Å². The molecule has 0 radical (unpaired) electrons. The highest BCUT2D eigenvalue weighted by atomic mass is 32.2. The second-order valence-corrected chi connectivity index (χ2v) is 7.54. The van der Waals surface area contributed by atoms with Crippen molar-refractivity contribution in [2.45, 2.75) is 30.2 Å². The van der Waals surface area contributed by atoms with Gasteiger partial charge < -0.3 is 18.9 Å². The lowest BCUT2D eigenvalue weighted by molar-refractivity contribution is -0.134. The smallest absolute Gasteiger partial charge is 0.311 e. The number of nitrogens with zero attached hydrogens (tertiary/aromatic N) is 2. The second kappa shape index (κ2) is 9.52. The number of aromatic nitrogens is 2. The van der Waals surface area contributed by atoms with Crippen LogP contribution in [0.25, 0.3) is 10.8 Å². The third kappa shape index (κ3) is 4.33. The molecule has 0 fully saturated rings. The fourth-order valence-electron chi connectivity index (χ4n) is 2.95. The van der Waals surface area contributed by atoms with E-state index in [-0.39, 0.29) is 44.7 Å². The fraction of sp³-hybridized carbons (Fsp3) is 0.238. The van der Waals surface area contributed by atoms with Gasteiger partial charge in [0.25, 0.3) is 0 Å². The van der Waals surface area contributed by atoms with Crippen LogP contribution in [0.15, 0.2) is 46.7 Å². The Kier molecular flexibility index (Phi) is 6.81. The van der Waals surface area contributed by atoms with E-state index in [0.29, 0.717) is 5.39 Å². The molecular formula is C21H20N2O7S. The number of methoxy groups -OCH3 is 2. The lowest BCUT2D eigenvalue weighted by atomic mass is 10.1. The lowest BCUT2D eigenvalue weighted by Crippen LogP contribution is -2.11. The zero-order valence-corrected chi connectivity index (χ0v) is 18.1. The van der Waals surface area contributed by atoms with E-state index in [1.54, 1.807) is 25.1 Å². The molecular weight excluding hydrogens is 424 g/mol. The molecule has 0 aliphatic carbocycles. The standard InChI is InChI=1S/C21H20N2O7S/c1-5-16(25)30-18-13-7-6-8-14(31(26)15-9-10-22-11-23-15)17(13)19(29-12(2)24)21(28-4)20(18)27-3/h6-11H,5H2,1-4H3. The van der Waals surface area contributed by atoms with Gasteiger partial charge in [0, 0.05) is 30.3 Å². The number of fused-ring (bicyclic) bond motifs is 1. The Hall–Kier alpha value is -3.53. The molecule has 0 N–H and O–H groups in total. The minimum Gasteiger partial charge on any atom is -0.490 e. The Morgan fingerprint density at radius 1 is 1.00 bits per heavy atom. The van der Waals surface area contributed by atoms with Crippen LogP contribution in [0.1, 0.15) is 20.3 Å². The highest BCUT2D eigenvalue weighted by Crippen LogP contribution is 2.52. The van der Waals surface area contributed by atoms with Crippen molar-refractivity contribution >= 4 is 33.5 Å². The van der Waals surface area contributed by atoms with Gasteiger partial charge in [-0.2, -0.15) is 0 Å². The third-order valence-corrected chi connectivity index (χ3v) is 5.58. The molecule has 0 saturated heterocycles. The first-order valence-corrected chi connectivity index (χ1v) is 10.3. The molecule has 0 bridgehead atoms. The molecule has 162 valence electrons. The number of hydrogen-bond donors (Lipinski definition) is 0. The molecule has 0 amide bonds. The summed E-state index contributed by atoms with van der Waals surface area (Å²) in [4.78, 5) is 32.2. The summed E-state index contributed by atoms with van der Waals surface area (Å²) in [5.41, 5.74) is 0. The zero-order chi connectivity index (χ0) is 22.5. The van der Waals surface area contributed by atoms with Gasteiger partial charge in [-0.1, -0.05) is 19.1 Å². The maximum atomic E-state index is 13.3. The molecule has 3 rings (SSSR count). The Labute approximate surface area is 180 Å². The van der Waals surface area contributed by atoms with E-state index < -0.39 is 22.7 Å². The Morgan fingerprint density at radius 3 is 2.29 bits per heavy atom. The first-order chi connectivity index (χ1) is 14.9. The normalized spacial score (nSPS) is 11.6. The Bertz CT molecular complexity index is 1170. The molecule has 3 aromatic rings. The van der Waals surface area contributed by atoms with Gasteiger partial charge in [0.1, 0.15) is 22.2 Å². The van der Waals surface area contributed by atoms with Crippen molar-refractivity contribution in [3.05, 3.63) is 36.8 Å². The van der Waals surface area contributed by atoms with Crippen LogP contribution in [0.5, 0.6) is 23.0 Å². The molecule has 2 aromatic carbocycles. The second-order valence-electron chi connectivity index (χ2n) is 6.14. The van der Waals surface area contributed by atoms with E-state index in [4.69, 9.17) is 18.9 Å². The predicted octanol–water partition coefficient (Wildman–Crippen LogP) is 3.05. The van der Waals surface area contributed by atoms with Crippen molar-refractivity contribution < 1.29 is 32.7 Å².